The average molecular weight is 555 g/mol. The zero-order chi connectivity index (χ0) is 20.8. The summed E-state index contributed by atoms with van der Waals surface area (Å²) in [7, 11) is 3.52. The minimum Gasteiger partial charge on any atom is -0.384 e. The van der Waals surface area contributed by atoms with Crippen molar-refractivity contribution in [2.75, 3.05) is 60.1 Å². The molecule has 3 atom stereocenters. The van der Waals surface area contributed by atoms with Crippen molar-refractivity contribution in [3.63, 3.8) is 0 Å². The number of ether oxygens (including phenoxy) is 2. The third kappa shape index (κ3) is 6.41. The van der Waals surface area contributed by atoms with Gasteiger partial charge in [0.1, 0.15) is 5.82 Å². The lowest BCUT2D eigenvalue weighted by molar-refractivity contribution is -0.0344. The van der Waals surface area contributed by atoms with Crippen molar-refractivity contribution in [2.45, 2.75) is 25.5 Å². The fraction of sp³-hybridized carbons (Fsp3) is 0.667. The van der Waals surface area contributed by atoms with E-state index in [1.807, 2.05) is 6.92 Å². The fourth-order valence-electron chi connectivity index (χ4n) is 4.29. The highest BCUT2D eigenvalue weighted by atomic mass is 127. The summed E-state index contributed by atoms with van der Waals surface area (Å²) in [5.41, 5.74) is 0.532. The molecule has 0 spiro atoms. The van der Waals surface area contributed by atoms with Crippen molar-refractivity contribution in [1.29, 1.82) is 0 Å². The summed E-state index contributed by atoms with van der Waals surface area (Å²) in [6, 6.07) is 4.67. The summed E-state index contributed by atoms with van der Waals surface area (Å²) in [6.45, 7) is 7.26. The molecule has 170 valence electrons. The first-order valence-corrected chi connectivity index (χ1v) is 10.6. The van der Waals surface area contributed by atoms with Crippen LogP contribution < -0.4 is 5.32 Å². The first kappa shape index (κ1) is 25.6. The van der Waals surface area contributed by atoms with Crippen LogP contribution >= 0.6 is 35.6 Å². The molecule has 2 fully saturated rings. The zero-order valence-corrected chi connectivity index (χ0v) is 21.0. The Morgan fingerprint density at radius 1 is 1.40 bits per heavy atom. The van der Waals surface area contributed by atoms with E-state index in [-0.39, 0.29) is 41.9 Å². The van der Waals surface area contributed by atoms with E-state index in [1.54, 1.807) is 26.3 Å². The van der Waals surface area contributed by atoms with E-state index < -0.39 is 0 Å². The Balaban J connectivity index is 0.00000320. The van der Waals surface area contributed by atoms with Gasteiger partial charge in [-0.05, 0) is 25.5 Å². The predicted molar refractivity (Wildman–Crippen MR) is 129 cm³/mol. The number of halogens is 3. The molecule has 2 aliphatic heterocycles. The molecule has 0 radical (unpaired) electrons. The molecule has 0 aromatic heterocycles. The lowest BCUT2D eigenvalue weighted by Crippen LogP contribution is -2.49. The number of aliphatic imine (C=N–C) groups is 1. The molecule has 0 bridgehead atoms. The Bertz CT molecular complexity index is 691. The summed E-state index contributed by atoms with van der Waals surface area (Å²) in [6.07, 6.45) is 1.18. The molecule has 1 aromatic carbocycles. The molecule has 6 nitrogen and oxygen atoms in total. The second-order valence-corrected chi connectivity index (χ2v) is 8.22. The van der Waals surface area contributed by atoms with Crippen molar-refractivity contribution >= 4 is 41.5 Å². The molecule has 0 saturated carbocycles. The Kier molecular flexibility index (Phi) is 10.6. The molecule has 9 heteroatoms. The number of benzene rings is 1. The van der Waals surface area contributed by atoms with E-state index in [0.717, 1.165) is 45.2 Å². The second-order valence-electron chi connectivity index (χ2n) is 7.81. The van der Waals surface area contributed by atoms with Crippen LogP contribution in [0.25, 0.3) is 0 Å². The molecule has 2 saturated heterocycles. The van der Waals surface area contributed by atoms with Gasteiger partial charge in [-0.1, -0.05) is 17.7 Å². The molecule has 0 aliphatic carbocycles. The monoisotopic (exact) mass is 554 g/mol. The number of guanidine groups is 1. The first-order valence-electron chi connectivity index (χ1n) is 10.3. The number of methoxy groups -OCH3 is 1. The van der Waals surface area contributed by atoms with E-state index in [1.165, 1.54) is 6.07 Å². The number of rotatable bonds is 6. The molecule has 1 aromatic rings. The number of hydrogen-bond donors (Lipinski definition) is 1. The van der Waals surface area contributed by atoms with Crippen molar-refractivity contribution in [1.82, 2.24) is 15.1 Å². The van der Waals surface area contributed by atoms with Crippen LogP contribution in [-0.2, 0) is 9.47 Å². The van der Waals surface area contributed by atoms with Crippen LogP contribution in [0, 0.1) is 11.7 Å². The molecule has 2 aliphatic rings. The average Bonchev–Trinajstić information content (AvgIpc) is 3.15. The maximum absolute atomic E-state index is 14.8. The maximum atomic E-state index is 14.8. The van der Waals surface area contributed by atoms with Gasteiger partial charge in [0.2, 0.25) is 0 Å². The minimum absolute atomic E-state index is 0. The van der Waals surface area contributed by atoms with E-state index in [0.29, 0.717) is 29.7 Å². The van der Waals surface area contributed by atoms with Gasteiger partial charge in [-0.15, -0.1) is 24.0 Å². The van der Waals surface area contributed by atoms with Crippen molar-refractivity contribution in [3.8, 4) is 0 Å². The summed E-state index contributed by atoms with van der Waals surface area (Å²) in [4.78, 5) is 8.94. The predicted octanol–water partition coefficient (Wildman–Crippen LogP) is 3.40. The summed E-state index contributed by atoms with van der Waals surface area (Å²) in [5.74, 6) is 1.07. The number of nitrogens with zero attached hydrogens (tertiary/aromatic N) is 3. The van der Waals surface area contributed by atoms with Gasteiger partial charge >= 0.3 is 0 Å². The smallest absolute Gasteiger partial charge is 0.193 e. The lowest BCUT2D eigenvalue weighted by atomic mass is 10.0. The standard InChI is InChI=1S/C21H32ClFN4O2.HI/c1-15-12-26(9-10-29-15)19(20-17(22)5-4-6-18(20)23)11-25-21(24-2)27-8-7-16(13-27)14-28-3;/h4-6,15-16,19H,7-14H2,1-3H3,(H,24,25);1H. The van der Waals surface area contributed by atoms with Crippen LogP contribution in [0.1, 0.15) is 24.9 Å². The van der Waals surface area contributed by atoms with Gasteiger partial charge in [0.05, 0.1) is 25.4 Å². The fourth-order valence-corrected chi connectivity index (χ4v) is 4.58. The Hall–Kier alpha value is -0.680. The summed E-state index contributed by atoms with van der Waals surface area (Å²) >= 11 is 6.43. The number of hydrogen-bond acceptors (Lipinski definition) is 4. The van der Waals surface area contributed by atoms with E-state index >= 15 is 0 Å². The number of likely N-dealkylation sites (tertiary alicyclic amines) is 1. The second kappa shape index (κ2) is 12.4. The molecule has 0 amide bonds. The van der Waals surface area contributed by atoms with Crippen LogP contribution in [0.15, 0.2) is 23.2 Å². The van der Waals surface area contributed by atoms with E-state index in [2.05, 4.69) is 20.1 Å². The van der Waals surface area contributed by atoms with Crippen molar-refractivity contribution in [3.05, 3.63) is 34.6 Å². The first-order chi connectivity index (χ1) is 14.0. The SMILES string of the molecule is CN=C(NCC(c1c(F)cccc1Cl)N1CCOC(C)C1)N1CCC(COC)C1.I. The lowest BCUT2D eigenvalue weighted by Gasteiger charge is -2.38. The Labute approximate surface area is 201 Å². The number of morpholine rings is 1. The third-order valence-corrected chi connectivity index (χ3v) is 6.03. The third-order valence-electron chi connectivity index (χ3n) is 5.70. The van der Waals surface area contributed by atoms with Crippen LogP contribution in [0.3, 0.4) is 0 Å². The van der Waals surface area contributed by atoms with Crippen molar-refractivity contribution in [2.24, 2.45) is 10.9 Å². The van der Waals surface area contributed by atoms with E-state index in [4.69, 9.17) is 21.1 Å². The van der Waals surface area contributed by atoms with Crippen LogP contribution in [-0.4, -0.2) is 82.0 Å². The summed E-state index contributed by atoms with van der Waals surface area (Å²) in [5, 5.41) is 3.92. The van der Waals surface area contributed by atoms with Gasteiger partial charge in [-0.2, -0.15) is 0 Å². The molecular formula is C21H33ClFIN4O2. The zero-order valence-electron chi connectivity index (χ0n) is 17.9. The molecule has 30 heavy (non-hydrogen) atoms. The highest BCUT2D eigenvalue weighted by Gasteiger charge is 2.31. The molecule has 3 rings (SSSR count). The minimum atomic E-state index is -0.278. The van der Waals surface area contributed by atoms with E-state index in [9.17, 15) is 4.39 Å². The molecule has 3 unspecified atom stereocenters. The van der Waals surface area contributed by atoms with Crippen LogP contribution in [0.4, 0.5) is 4.39 Å². The Morgan fingerprint density at radius 3 is 2.87 bits per heavy atom. The van der Waals surface area contributed by atoms with Gasteiger partial charge in [0.15, 0.2) is 5.96 Å². The molecule has 1 N–H and O–H groups in total. The van der Waals surface area contributed by atoms with Gasteiger partial charge in [-0.25, -0.2) is 4.39 Å². The number of nitrogens with one attached hydrogen (secondary N) is 1. The molecular weight excluding hydrogens is 522 g/mol. The van der Waals surface area contributed by atoms with Gasteiger partial charge < -0.3 is 19.7 Å². The van der Waals surface area contributed by atoms with Crippen molar-refractivity contribution < 1.29 is 13.9 Å². The molecule has 2 heterocycles. The highest BCUT2D eigenvalue weighted by Crippen LogP contribution is 2.31. The van der Waals surface area contributed by atoms with Gasteiger partial charge in [0, 0.05) is 63.4 Å². The topological polar surface area (TPSA) is 49.3 Å². The Morgan fingerprint density at radius 2 is 2.20 bits per heavy atom. The highest BCUT2D eigenvalue weighted by molar-refractivity contribution is 14.0. The largest absolute Gasteiger partial charge is 0.384 e. The quantitative estimate of drug-likeness (QED) is 0.332. The van der Waals surface area contributed by atoms with Gasteiger partial charge in [0.25, 0.3) is 0 Å². The van der Waals surface area contributed by atoms with Crippen LogP contribution in [0.2, 0.25) is 5.02 Å². The maximum Gasteiger partial charge on any atom is 0.193 e. The normalized spacial score (nSPS) is 23.9. The van der Waals surface area contributed by atoms with Gasteiger partial charge in [-0.3, -0.25) is 9.89 Å². The van der Waals surface area contributed by atoms with Crippen LogP contribution in [0.5, 0.6) is 0 Å². The summed E-state index contributed by atoms with van der Waals surface area (Å²) < 4.78 is 25.8.